The van der Waals surface area contributed by atoms with Crippen molar-refractivity contribution in [2.45, 2.75) is 0 Å². The number of hydrogen-bond acceptors (Lipinski definition) is 5. The molecule has 0 amide bonds. The van der Waals surface area contributed by atoms with Crippen LogP contribution in [0.4, 0.5) is 17.1 Å². The van der Waals surface area contributed by atoms with Gasteiger partial charge < -0.3 is 18.2 Å². The van der Waals surface area contributed by atoms with E-state index in [1.165, 1.54) is 5.56 Å². The van der Waals surface area contributed by atoms with Crippen LogP contribution in [0, 0.1) is 0 Å². The summed E-state index contributed by atoms with van der Waals surface area (Å²) >= 11 is 0. The number of anilines is 3. The summed E-state index contributed by atoms with van der Waals surface area (Å²) in [5.74, 6) is 0.591. The van der Waals surface area contributed by atoms with E-state index in [1.54, 1.807) is 0 Å². The van der Waals surface area contributed by atoms with E-state index in [1.807, 2.05) is 66.7 Å². The average molecular weight is 695 g/mol. The quantitative estimate of drug-likeness (QED) is 0.173. The zero-order valence-corrected chi connectivity index (χ0v) is 28.9. The highest BCUT2D eigenvalue weighted by Crippen LogP contribution is 2.43. The summed E-state index contributed by atoms with van der Waals surface area (Å²) in [6.45, 7) is 0. The van der Waals surface area contributed by atoms with E-state index in [2.05, 4.69) is 120 Å². The number of para-hydroxylation sites is 1. The third-order valence-corrected chi connectivity index (χ3v) is 10.3. The van der Waals surface area contributed by atoms with Crippen molar-refractivity contribution in [1.82, 2.24) is 4.98 Å². The van der Waals surface area contributed by atoms with Crippen molar-refractivity contribution in [2.24, 2.45) is 0 Å². The summed E-state index contributed by atoms with van der Waals surface area (Å²) in [6, 6.07) is 62.8. The minimum atomic E-state index is 0.591. The molecule has 0 N–H and O–H groups in total. The molecule has 0 aliphatic rings. The number of rotatable bonds is 6. The molecule has 0 radical (unpaired) electrons. The van der Waals surface area contributed by atoms with Gasteiger partial charge >= 0.3 is 0 Å². The Bertz CT molecular complexity index is 3160. The van der Waals surface area contributed by atoms with Crippen LogP contribution in [0.25, 0.3) is 88.7 Å². The van der Waals surface area contributed by atoms with Crippen molar-refractivity contribution in [3.8, 4) is 33.7 Å². The largest absolute Gasteiger partial charge is 0.456 e. The lowest BCUT2D eigenvalue weighted by molar-refractivity contribution is 0.622. The van der Waals surface area contributed by atoms with Crippen molar-refractivity contribution in [2.75, 3.05) is 4.90 Å². The lowest BCUT2D eigenvalue weighted by atomic mass is 9.98. The van der Waals surface area contributed by atoms with E-state index in [0.717, 1.165) is 94.3 Å². The van der Waals surface area contributed by atoms with Crippen molar-refractivity contribution in [3.05, 3.63) is 182 Å². The summed E-state index contributed by atoms with van der Waals surface area (Å²) < 4.78 is 19.2. The Labute approximate surface area is 309 Å². The second-order valence-corrected chi connectivity index (χ2v) is 13.5. The minimum Gasteiger partial charge on any atom is -0.456 e. The second kappa shape index (κ2) is 12.1. The van der Waals surface area contributed by atoms with E-state index < -0.39 is 0 Å². The van der Waals surface area contributed by atoms with Crippen molar-refractivity contribution in [3.63, 3.8) is 0 Å². The zero-order valence-electron chi connectivity index (χ0n) is 28.9. The Morgan fingerprint density at radius 2 is 1.00 bits per heavy atom. The fraction of sp³-hybridized carbons (Fsp3) is 0. The molecule has 0 bridgehead atoms. The van der Waals surface area contributed by atoms with Crippen molar-refractivity contribution < 1.29 is 13.3 Å². The molecule has 3 aromatic heterocycles. The van der Waals surface area contributed by atoms with Crippen LogP contribution in [0.1, 0.15) is 0 Å². The summed E-state index contributed by atoms with van der Waals surface area (Å²) in [5.41, 5.74) is 13.3. The zero-order chi connectivity index (χ0) is 35.6. The lowest BCUT2D eigenvalue weighted by Gasteiger charge is -2.26. The second-order valence-electron chi connectivity index (χ2n) is 13.5. The van der Waals surface area contributed by atoms with Crippen molar-refractivity contribution in [1.29, 1.82) is 0 Å². The number of hydrogen-bond donors (Lipinski definition) is 0. The van der Waals surface area contributed by atoms with Gasteiger partial charge in [-0.1, -0.05) is 103 Å². The van der Waals surface area contributed by atoms with Crippen LogP contribution >= 0.6 is 0 Å². The summed E-state index contributed by atoms with van der Waals surface area (Å²) in [7, 11) is 0. The molecule has 3 heterocycles. The molecule has 11 aromatic rings. The normalized spacial score (nSPS) is 11.7. The first-order chi connectivity index (χ1) is 26.7. The van der Waals surface area contributed by atoms with Gasteiger partial charge in [0.1, 0.15) is 27.8 Å². The molecule has 0 aliphatic heterocycles. The highest BCUT2D eigenvalue weighted by Gasteiger charge is 2.20. The van der Waals surface area contributed by atoms with Gasteiger partial charge in [0.05, 0.1) is 5.39 Å². The first-order valence-corrected chi connectivity index (χ1v) is 18.0. The highest BCUT2D eigenvalue weighted by atomic mass is 16.4. The molecule has 0 atom stereocenters. The third kappa shape index (κ3) is 4.90. The molecule has 5 nitrogen and oxygen atoms in total. The van der Waals surface area contributed by atoms with Gasteiger partial charge in [0.25, 0.3) is 0 Å². The van der Waals surface area contributed by atoms with Gasteiger partial charge in [-0.05, 0) is 95.1 Å². The number of oxazole rings is 1. The number of benzene rings is 8. The first kappa shape index (κ1) is 30.3. The highest BCUT2D eigenvalue weighted by molar-refractivity contribution is 6.17. The number of furan rings is 2. The fourth-order valence-electron chi connectivity index (χ4n) is 7.79. The fourth-order valence-corrected chi connectivity index (χ4v) is 7.79. The molecule has 254 valence electrons. The number of fused-ring (bicyclic) bond motifs is 8. The Kier molecular flexibility index (Phi) is 6.79. The maximum atomic E-state index is 6.56. The Morgan fingerprint density at radius 3 is 1.85 bits per heavy atom. The van der Waals surface area contributed by atoms with Crippen LogP contribution in [-0.2, 0) is 0 Å². The van der Waals surface area contributed by atoms with Gasteiger partial charge in [-0.15, -0.1) is 0 Å². The molecule has 8 aromatic carbocycles. The van der Waals surface area contributed by atoms with Gasteiger partial charge in [-0.25, -0.2) is 4.98 Å². The summed E-state index contributed by atoms with van der Waals surface area (Å²) in [6.07, 6.45) is 0. The topological polar surface area (TPSA) is 55.6 Å². The van der Waals surface area contributed by atoms with E-state index >= 15 is 0 Å². The number of aromatic nitrogens is 1. The number of nitrogens with zero attached hydrogens (tertiary/aromatic N) is 2. The smallest absolute Gasteiger partial charge is 0.227 e. The molecule has 54 heavy (non-hydrogen) atoms. The van der Waals surface area contributed by atoms with E-state index in [-0.39, 0.29) is 0 Å². The van der Waals surface area contributed by atoms with E-state index in [4.69, 9.17) is 18.2 Å². The Morgan fingerprint density at radius 1 is 0.370 bits per heavy atom. The van der Waals surface area contributed by atoms with Crippen LogP contribution in [0.2, 0.25) is 0 Å². The van der Waals surface area contributed by atoms with Gasteiger partial charge in [0, 0.05) is 44.9 Å². The molecular formula is C49H30N2O3. The molecule has 0 saturated carbocycles. The van der Waals surface area contributed by atoms with E-state index in [0.29, 0.717) is 5.89 Å². The lowest BCUT2D eigenvalue weighted by Crippen LogP contribution is -2.10. The molecule has 5 heteroatoms. The van der Waals surface area contributed by atoms with Crippen LogP contribution in [0.3, 0.4) is 0 Å². The maximum absolute atomic E-state index is 6.56. The van der Waals surface area contributed by atoms with Gasteiger partial charge in [0.2, 0.25) is 5.89 Å². The molecular weight excluding hydrogens is 665 g/mol. The van der Waals surface area contributed by atoms with Crippen molar-refractivity contribution >= 4 is 72.0 Å². The SMILES string of the molecule is c1ccc(-c2ccc(N(c3cccc(-c4cccc5oc6ccccc6c45)c3)c3ccc4c(c3)oc3ccc5nc(-c6ccccc6)oc5c34)cc2)cc1. The Hall–Kier alpha value is -7.37. The standard InChI is InChI=1S/C49H30N2O3/c1-3-11-31(12-4-1)32-21-23-35(24-22-32)51(36-16-9-15-34(29-36)38-18-10-20-43-46(38)39-17-7-8-19-42(39)52-43)37-25-26-40-45(30-37)53-44-28-27-41-48(47(40)44)54-49(50-41)33-13-5-2-6-14-33/h1-30H. The van der Waals surface area contributed by atoms with Crippen LogP contribution < -0.4 is 4.90 Å². The Balaban J connectivity index is 1.07. The predicted octanol–water partition coefficient (Wildman–Crippen LogP) is 14.1. The summed E-state index contributed by atoms with van der Waals surface area (Å²) in [4.78, 5) is 7.10. The minimum absolute atomic E-state index is 0.591. The average Bonchev–Trinajstić information content (AvgIpc) is 3.95. The monoisotopic (exact) mass is 694 g/mol. The summed E-state index contributed by atoms with van der Waals surface area (Å²) in [5, 5.41) is 4.11. The molecule has 11 rings (SSSR count). The molecule has 0 unspecified atom stereocenters. The van der Waals surface area contributed by atoms with Crippen LogP contribution in [0.5, 0.6) is 0 Å². The molecule has 0 fully saturated rings. The first-order valence-electron chi connectivity index (χ1n) is 18.0. The maximum Gasteiger partial charge on any atom is 0.227 e. The van der Waals surface area contributed by atoms with Gasteiger partial charge in [-0.2, -0.15) is 0 Å². The molecule has 0 aliphatic carbocycles. The third-order valence-electron chi connectivity index (χ3n) is 10.3. The van der Waals surface area contributed by atoms with Crippen LogP contribution in [-0.4, -0.2) is 4.98 Å². The molecule has 0 spiro atoms. The van der Waals surface area contributed by atoms with Gasteiger partial charge in [0.15, 0.2) is 5.58 Å². The predicted molar refractivity (Wildman–Crippen MR) is 220 cm³/mol. The van der Waals surface area contributed by atoms with E-state index in [9.17, 15) is 0 Å². The molecule has 0 saturated heterocycles. The van der Waals surface area contributed by atoms with Crippen LogP contribution in [0.15, 0.2) is 195 Å². The van der Waals surface area contributed by atoms with Gasteiger partial charge in [-0.3, -0.25) is 0 Å².